The molecule has 0 aliphatic carbocycles. The minimum absolute atomic E-state index is 0.0231. The lowest BCUT2D eigenvalue weighted by molar-refractivity contribution is 0.0472. The van der Waals surface area contributed by atoms with Crippen molar-refractivity contribution in [2.24, 2.45) is 10.9 Å². The number of carbonyl (C=O) groups excluding carboxylic acids is 1. The molecule has 8 nitrogen and oxygen atoms in total. The topological polar surface area (TPSA) is 105 Å². The van der Waals surface area contributed by atoms with Gasteiger partial charge < -0.3 is 24.8 Å². The number of benzene rings is 1. The number of pyridine rings is 1. The number of methoxy groups -OCH3 is 1. The van der Waals surface area contributed by atoms with Crippen molar-refractivity contribution in [3.8, 4) is 22.8 Å². The van der Waals surface area contributed by atoms with Gasteiger partial charge in [-0.15, -0.1) is 0 Å². The van der Waals surface area contributed by atoms with Crippen molar-refractivity contribution in [2.45, 2.75) is 12.5 Å². The van der Waals surface area contributed by atoms with E-state index in [0.29, 0.717) is 30.4 Å². The highest BCUT2D eigenvalue weighted by Gasteiger charge is 2.23. The minimum Gasteiger partial charge on any atom is -0.489 e. The van der Waals surface area contributed by atoms with Crippen molar-refractivity contribution >= 4 is 11.8 Å². The average molecular weight is 357 g/mol. The molecule has 0 bridgehead atoms. The molecule has 0 fully saturated rings. The molecular weight excluding hydrogens is 338 g/mol. The standard InChI is InChI=1S/C18H19N3O5/c1-23-17-15(6-4-8-20-17)14-5-2-3-7-16(14)24-11-13-9-12(21-26-13)10-25-18(19)22/h2-8,13H,9-11H2,1H3,(H2,19,22). The number of hydrogen-bond donors (Lipinski definition) is 1. The number of rotatable bonds is 7. The molecule has 26 heavy (non-hydrogen) atoms. The van der Waals surface area contributed by atoms with E-state index in [0.717, 1.165) is 11.1 Å². The molecule has 136 valence electrons. The second-order valence-electron chi connectivity index (χ2n) is 5.56. The van der Waals surface area contributed by atoms with Gasteiger partial charge in [0, 0.05) is 23.7 Å². The summed E-state index contributed by atoms with van der Waals surface area (Å²) in [6, 6.07) is 11.4. The molecule has 1 amide bonds. The van der Waals surface area contributed by atoms with Crippen LogP contribution >= 0.6 is 0 Å². The van der Waals surface area contributed by atoms with Crippen molar-refractivity contribution in [2.75, 3.05) is 20.3 Å². The van der Waals surface area contributed by atoms with Crippen LogP contribution in [0.15, 0.2) is 47.8 Å². The van der Waals surface area contributed by atoms with E-state index in [4.69, 9.17) is 24.8 Å². The van der Waals surface area contributed by atoms with Crippen molar-refractivity contribution in [1.82, 2.24) is 4.98 Å². The fraction of sp³-hybridized carbons (Fsp3) is 0.278. The first-order valence-corrected chi connectivity index (χ1v) is 8.02. The quantitative estimate of drug-likeness (QED) is 0.815. The van der Waals surface area contributed by atoms with Gasteiger partial charge in [-0.25, -0.2) is 9.78 Å². The third-order valence-corrected chi connectivity index (χ3v) is 3.74. The van der Waals surface area contributed by atoms with Crippen LogP contribution in [-0.2, 0) is 9.57 Å². The molecule has 1 aromatic carbocycles. The van der Waals surface area contributed by atoms with Gasteiger partial charge in [0.1, 0.15) is 19.0 Å². The van der Waals surface area contributed by atoms with Crippen molar-refractivity contribution < 1.29 is 23.8 Å². The van der Waals surface area contributed by atoms with E-state index in [1.54, 1.807) is 13.3 Å². The average Bonchev–Trinajstić information content (AvgIpc) is 3.13. The molecule has 2 N–H and O–H groups in total. The van der Waals surface area contributed by atoms with Gasteiger partial charge in [-0.2, -0.15) is 0 Å². The van der Waals surface area contributed by atoms with E-state index in [1.165, 1.54) is 0 Å². The fourth-order valence-electron chi connectivity index (χ4n) is 2.57. The van der Waals surface area contributed by atoms with E-state index in [1.807, 2.05) is 36.4 Å². The summed E-state index contributed by atoms with van der Waals surface area (Å²) in [7, 11) is 1.58. The molecule has 0 spiro atoms. The molecule has 8 heteroatoms. The van der Waals surface area contributed by atoms with Gasteiger partial charge in [0.15, 0.2) is 6.10 Å². The van der Waals surface area contributed by atoms with Crippen LogP contribution in [0, 0.1) is 0 Å². The molecule has 1 aliphatic heterocycles. The molecule has 0 saturated carbocycles. The van der Waals surface area contributed by atoms with E-state index >= 15 is 0 Å². The van der Waals surface area contributed by atoms with Crippen LogP contribution in [0.1, 0.15) is 6.42 Å². The molecule has 2 aromatic rings. The third-order valence-electron chi connectivity index (χ3n) is 3.74. The highest BCUT2D eigenvalue weighted by Crippen LogP contribution is 2.35. The Hall–Kier alpha value is -3.29. The highest BCUT2D eigenvalue weighted by molar-refractivity contribution is 5.88. The molecular formula is C18H19N3O5. The first kappa shape index (κ1) is 17.5. The Balaban J connectivity index is 1.64. The maximum Gasteiger partial charge on any atom is 0.404 e. The summed E-state index contributed by atoms with van der Waals surface area (Å²) < 4.78 is 16.0. The SMILES string of the molecule is COc1ncccc1-c1ccccc1OCC1CC(COC(N)=O)=NO1. The molecule has 0 saturated heterocycles. The van der Waals surface area contributed by atoms with Crippen LogP contribution in [0.25, 0.3) is 11.1 Å². The summed E-state index contributed by atoms with van der Waals surface area (Å²) in [5.41, 5.74) is 7.26. The molecule has 2 heterocycles. The van der Waals surface area contributed by atoms with Gasteiger partial charge >= 0.3 is 6.09 Å². The van der Waals surface area contributed by atoms with Crippen molar-refractivity contribution in [3.05, 3.63) is 42.6 Å². The van der Waals surface area contributed by atoms with Gasteiger partial charge in [0.25, 0.3) is 0 Å². The van der Waals surface area contributed by atoms with Gasteiger partial charge in [-0.3, -0.25) is 0 Å². The predicted molar refractivity (Wildman–Crippen MR) is 94.2 cm³/mol. The Bertz CT molecular complexity index is 809. The van der Waals surface area contributed by atoms with Gasteiger partial charge in [0.2, 0.25) is 5.88 Å². The van der Waals surface area contributed by atoms with Gasteiger partial charge in [0.05, 0.1) is 12.8 Å². The number of ether oxygens (including phenoxy) is 3. The Morgan fingerprint density at radius 3 is 2.88 bits per heavy atom. The predicted octanol–water partition coefficient (Wildman–Crippen LogP) is 2.38. The fourth-order valence-corrected chi connectivity index (χ4v) is 2.57. The second kappa shape index (κ2) is 8.19. The number of carbonyl (C=O) groups is 1. The number of nitrogens with zero attached hydrogens (tertiary/aromatic N) is 2. The summed E-state index contributed by atoms with van der Waals surface area (Å²) >= 11 is 0. The van der Waals surface area contributed by atoms with Gasteiger partial charge in [-0.1, -0.05) is 23.4 Å². The summed E-state index contributed by atoms with van der Waals surface area (Å²) in [6.07, 6.45) is 1.08. The van der Waals surface area contributed by atoms with E-state index in [2.05, 4.69) is 10.1 Å². The van der Waals surface area contributed by atoms with Gasteiger partial charge in [-0.05, 0) is 18.2 Å². The zero-order valence-electron chi connectivity index (χ0n) is 14.3. The lowest BCUT2D eigenvalue weighted by Gasteiger charge is -2.15. The van der Waals surface area contributed by atoms with Crippen molar-refractivity contribution in [1.29, 1.82) is 0 Å². The lowest BCUT2D eigenvalue weighted by atomic mass is 10.1. The van der Waals surface area contributed by atoms with Crippen LogP contribution in [0.5, 0.6) is 11.6 Å². The van der Waals surface area contributed by atoms with E-state index < -0.39 is 6.09 Å². The molecule has 1 aliphatic rings. The number of para-hydroxylation sites is 1. The number of oxime groups is 1. The first-order chi connectivity index (χ1) is 12.7. The van der Waals surface area contributed by atoms with Crippen molar-refractivity contribution in [3.63, 3.8) is 0 Å². The highest BCUT2D eigenvalue weighted by atomic mass is 16.7. The van der Waals surface area contributed by atoms with Crippen LogP contribution in [0.3, 0.4) is 0 Å². The lowest BCUT2D eigenvalue weighted by Crippen LogP contribution is -2.21. The zero-order valence-corrected chi connectivity index (χ0v) is 14.3. The Morgan fingerprint density at radius 1 is 1.27 bits per heavy atom. The number of primary amides is 1. The van der Waals surface area contributed by atoms with E-state index in [9.17, 15) is 4.79 Å². The largest absolute Gasteiger partial charge is 0.489 e. The minimum atomic E-state index is -0.841. The summed E-state index contributed by atoms with van der Waals surface area (Å²) in [5, 5.41) is 3.88. The molecule has 1 atom stereocenters. The number of amides is 1. The maximum absolute atomic E-state index is 10.6. The van der Waals surface area contributed by atoms with Crippen LogP contribution in [-0.4, -0.2) is 43.2 Å². The van der Waals surface area contributed by atoms with Crippen LogP contribution < -0.4 is 15.2 Å². The maximum atomic E-state index is 10.6. The van der Waals surface area contributed by atoms with Crippen LogP contribution in [0.4, 0.5) is 4.79 Å². The molecule has 3 rings (SSSR count). The summed E-state index contributed by atoms with van der Waals surface area (Å²) in [6.45, 7) is 0.318. The smallest absolute Gasteiger partial charge is 0.404 e. The Kier molecular flexibility index (Phi) is 5.52. The Morgan fingerprint density at radius 2 is 2.08 bits per heavy atom. The first-order valence-electron chi connectivity index (χ1n) is 8.02. The Labute approximate surface area is 150 Å². The van der Waals surface area contributed by atoms with E-state index in [-0.39, 0.29) is 12.7 Å². The molecule has 1 aromatic heterocycles. The van der Waals surface area contributed by atoms with Crippen LogP contribution in [0.2, 0.25) is 0 Å². The monoisotopic (exact) mass is 357 g/mol. The number of nitrogens with two attached hydrogens (primary N) is 1. The second-order valence-corrected chi connectivity index (χ2v) is 5.56. The number of hydrogen-bond acceptors (Lipinski definition) is 7. The number of aromatic nitrogens is 1. The summed E-state index contributed by atoms with van der Waals surface area (Å²) in [4.78, 5) is 20.2. The zero-order chi connectivity index (χ0) is 18.4. The molecule has 0 radical (unpaired) electrons. The molecule has 1 unspecified atom stereocenters. The normalized spacial score (nSPS) is 15.7. The summed E-state index contributed by atoms with van der Waals surface area (Å²) in [5.74, 6) is 1.21. The third kappa shape index (κ3) is 4.21.